The lowest BCUT2D eigenvalue weighted by atomic mass is 9.78. The smallest absolute Gasteiger partial charge is 0.0247 e. The third kappa shape index (κ3) is 2.98. The largest absolute Gasteiger partial charge is 0.329 e. The van der Waals surface area contributed by atoms with E-state index in [1.54, 1.807) is 0 Å². The van der Waals surface area contributed by atoms with Gasteiger partial charge in [-0.05, 0) is 44.1 Å². The van der Waals surface area contributed by atoms with Crippen LogP contribution in [0.2, 0.25) is 0 Å². The predicted molar refractivity (Wildman–Crippen MR) is 80.1 cm³/mol. The second-order valence-corrected chi connectivity index (χ2v) is 7.15. The Morgan fingerprint density at radius 1 is 1.05 bits per heavy atom. The standard InChI is InChI=1S/C16H31N3/c1-13-4-6-14(7-5-13)16(11-17)19-10-9-18-8-2-3-15(18)12-19/h13-16H,2-12,17H2,1H3. The minimum Gasteiger partial charge on any atom is -0.329 e. The fourth-order valence-electron chi connectivity index (χ4n) is 4.63. The van der Waals surface area contributed by atoms with Crippen LogP contribution in [-0.4, -0.2) is 54.6 Å². The van der Waals surface area contributed by atoms with Crippen molar-refractivity contribution in [1.29, 1.82) is 0 Å². The van der Waals surface area contributed by atoms with E-state index in [2.05, 4.69) is 16.7 Å². The Kier molecular flexibility index (Phi) is 4.45. The Bertz CT molecular complexity index is 286. The van der Waals surface area contributed by atoms with E-state index >= 15 is 0 Å². The van der Waals surface area contributed by atoms with Gasteiger partial charge in [0, 0.05) is 38.3 Å². The summed E-state index contributed by atoms with van der Waals surface area (Å²) in [5.74, 6) is 1.82. The van der Waals surface area contributed by atoms with Crippen LogP contribution in [0.4, 0.5) is 0 Å². The van der Waals surface area contributed by atoms with Gasteiger partial charge in [0.25, 0.3) is 0 Å². The molecule has 0 aromatic heterocycles. The molecule has 3 fully saturated rings. The summed E-state index contributed by atoms with van der Waals surface area (Å²) in [5, 5.41) is 0. The van der Waals surface area contributed by atoms with E-state index < -0.39 is 0 Å². The zero-order chi connectivity index (χ0) is 13.2. The van der Waals surface area contributed by atoms with Gasteiger partial charge in [-0.15, -0.1) is 0 Å². The normalized spacial score (nSPS) is 39.2. The maximum Gasteiger partial charge on any atom is 0.0247 e. The average Bonchev–Trinajstić information content (AvgIpc) is 2.89. The summed E-state index contributed by atoms with van der Waals surface area (Å²) in [5.41, 5.74) is 6.15. The highest BCUT2D eigenvalue weighted by atomic mass is 15.3. The molecule has 3 nitrogen and oxygen atoms in total. The molecule has 2 unspecified atom stereocenters. The quantitative estimate of drug-likeness (QED) is 0.846. The lowest BCUT2D eigenvalue weighted by Crippen LogP contribution is -2.57. The van der Waals surface area contributed by atoms with Gasteiger partial charge in [0.05, 0.1) is 0 Å². The molecule has 3 aliphatic rings. The summed E-state index contributed by atoms with van der Waals surface area (Å²) >= 11 is 0. The topological polar surface area (TPSA) is 32.5 Å². The van der Waals surface area contributed by atoms with Crippen molar-refractivity contribution < 1.29 is 0 Å². The van der Waals surface area contributed by atoms with Gasteiger partial charge in [0.15, 0.2) is 0 Å². The number of nitrogens with zero attached hydrogens (tertiary/aromatic N) is 2. The minimum atomic E-state index is 0.662. The van der Waals surface area contributed by atoms with Gasteiger partial charge in [-0.2, -0.15) is 0 Å². The molecule has 0 spiro atoms. The highest BCUT2D eigenvalue weighted by Crippen LogP contribution is 2.33. The van der Waals surface area contributed by atoms with Crippen molar-refractivity contribution in [1.82, 2.24) is 9.80 Å². The van der Waals surface area contributed by atoms with Crippen LogP contribution in [0.5, 0.6) is 0 Å². The molecule has 2 N–H and O–H groups in total. The van der Waals surface area contributed by atoms with Crippen LogP contribution in [0.15, 0.2) is 0 Å². The van der Waals surface area contributed by atoms with Crippen molar-refractivity contribution in [2.45, 2.75) is 57.5 Å². The first-order chi connectivity index (χ1) is 9.28. The van der Waals surface area contributed by atoms with E-state index in [1.165, 1.54) is 64.7 Å². The Morgan fingerprint density at radius 3 is 2.58 bits per heavy atom. The van der Waals surface area contributed by atoms with Gasteiger partial charge in [0.1, 0.15) is 0 Å². The van der Waals surface area contributed by atoms with Gasteiger partial charge in [-0.3, -0.25) is 9.80 Å². The lowest BCUT2D eigenvalue weighted by Gasteiger charge is -2.45. The molecule has 1 aliphatic carbocycles. The molecule has 0 aromatic rings. The van der Waals surface area contributed by atoms with Gasteiger partial charge in [-0.1, -0.05) is 19.8 Å². The minimum absolute atomic E-state index is 0.662. The van der Waals surface area contributed by atoms with Crippen molar-refractivity contribution in [3.05, 3.63) is 0 Å². The van der Waals surface area contributed by atoms with E-state index in [9.17, 15) is 0 Å². The van der Waals surface area contributed by atoms with Crippen LogP contribution < -0.4 is 5.73 Å². The monoisotopic (exact) mass is 265 g/mol. The highest BCUT2D eigenvalue weighted by Gasteiger charge is 2.36. The van der Waals surface area contributed by atoms with Crippen LogP contribution in [0, 0.1) is 11.8 Å². The second-order valence-electron chi connectivity index (χ2n) is 7.15. The highest BCUT2D eigenvalue weighted by molar-refractivity contribution is 4.92. The van der Waals surface area contributed by atoms with Crippen LogP contribution in [0.3, 0.4) is 0 Å². The molecule has 0 aromatic carbocycles. The first kappa shape index (κ1) is 13.8. The van der Waals surface area contributed by atoms with Crippen LogP contribution in [0.25, 0.3) is 0 Å². The maximum absolute atomic E-state index is 6.15. The van der Waals surface area contributed by atoms with Crippen molar-refractivity contribution in [3.8, 4) is 0 Å². The number of rotatable bonds is 3. The third-order valence-electron chi connectivity index (χ3n) is 5.93. The van der Waals surface area contributed by atoms with E-state index in [0.29, 0.717) is 6.04 Å². The third-order valence-corrected chi connectivity index (χ3v) is 5.93. The lowest BCUT2D eigenvalue weighted by molar-refractivity contribution is 0.0397. The van der Waals surface area contributed by atoms with Crippen molar-refractivity contribution in [2.75, 3.05) is 32.7 Å². The second kappa shape index (κ2) is 6.11. The number of nitrogens with two attached hydrogens (primary N) is 1. The Labute approximate surface area is 118 Å². The molecule has 1 saturated carbocycles. The molecule has 0 radical (unpaired) electrons. The molecular weight excluding hydrogens is 234 g/mol. The zero-order valence-corrected chi connectivity index (χ0v) is 12.6. The van der Waals surface area contributed by atoms with E-state index in [1.807, 2.05) is 0 Å². The number of hydrogen-bond acceptors (Lipinski definition) is 3. The summed E-state index contributed by atoms with van der Waals surface area (Å²) in [6, 6.07) is 1.50. The Morgan fingerprint density at radius 2 is 1.84 bits per heavy atom. The molecule has 2 heterocycles. The first-order valence-corrected chi connectivity index (χ1v) is 8.46. The molecular formula is C16H31N3. The van der Waals surface area contributed by atoms with Crippen molar-refractivity contribution >= 4 is 0 Å². The van der Waals surface area contributed by atoms with E-state index in [4.69, 9.17) is 5.73 Å². The van der Waals surface area contributed by atoms with E-state index in [-0.39, 0.29) is 0 Å². The summed E-state index contributed by atoms with van der Waals surface area (Å²) < 4.78 is 0. The molecule has 2 atom stereocenters. The molecule has 2 saturated heterocycles. The molecule has 0 bridgehead atoms. The van der Waals surface area contributed by atoms with Crippen molar-refractivity contribution in [2.24, 2.45) is 17.6 Å². The molecule has 0 amide bonds. The average molecular weight is 265 g/mol. The van der Waals surface area contributed by atoms with Crippen LogP contribution >= 0.6 is 0 Å². The summed E-state index contributed by atoms with van der Waals surface area (Å²) in [6.45, 7) is 8.44. The number of hydrogen-bond donors (Lipinski definition) is 1. The molecule has 3 rings (SSSR count). The Balaban J connectivity index is 1.59. The van der Waals surface area contributed by atoms with Crippen LogP contribution in [0.1, 0.15) is 45.4 Å². The van der Waals surface area contributed by atoms with Gasteiger partial charge in [0.2, 0.25) is 0 Å². The van der Waals surface area contributed by atoms with Gasteiger partial charge in [-0.25, -0.2) is 0 Å². The number of fused-ring (bicyclic) bond motifs is 1. The molecule has 3 heteroatoms. The zero-order valence-electron chi connectivity index (χ0n) is 12.6. The fraction of sp³-hybridized carbons (Fsp3) is 1.00. The summed E-state index contributed by atoms with van der Waals surface area (Å²) in [4.78, 5) is 5.44. The maximum atomic E-state index is 6.15. The van der Waals surface area contributed by atoms with Gasteiger partial charge >= 0.3 is 0 Å². The van der Waals surface area contributed by atoms with Crippen molar-refractivity contribution in [3.63, 3.8) is 0 Å². The SMILES string of the molecule is CC1CCC(C(CN)N2CCN3CCCC3C2)CC1. The van der Waals surface area contributed by atoms with Gasteiger partial charge < -0.3 is 5.73 Å². The molecule has 2 aliphatic heterocycles. The fourth-order valence-corrected chi connectivity index (χ4v) is 4.63. The first-order valence-electron chi connectivity index (χ1n) is 8.46. The predicted octanol–water partition coefficient (Wildman–Crippen LogP) is 1.92. The molecule has 110 valence electrons. The number of piperazine rings is 1. The Hall–Kier alpha value is -0.120. The van der Waals surface area contributed by atoms with E-state index in [0.717, 1.165) is 24.4 Å². The summed E-state index contributed by atoms with van der Waals surface area (Å²) in [7, 11) is 0. The van der Waals surface area contributed by atoms with Crippen LogP contribution in [-0.2, 0) is 0 Å². The summed E-state index contributed by atoms with van der Waals surface area (Å²) in [6.07, 6.45) is 8.49. The molecule has 19 heavy (non-hydrogen) atoms.